The van der Waals surface area contributed by atoms with Gasteiger partial charge in [0, 0.05) is 19.3 Å². The maximum Gasteiger partial charge on any atom is 0.142 e. The molecule has 0 atom stereocenters. The van der Waals surface area contributed by atoms with Gasteiger partial charge in [-0.2, -0.15) is 0 Å². The third-order valence-corrected chi connectivity index (χ3v) is 3.92. The molecule has 0 unspecified atom stereocenters. The van der Waals surface area contributed by atoms with E-state index in [1.54, 1.807) is 36.9 Å². The maximum absolute atomic E-state index is 13.6. The van der Waals surface area contributed by atoms with E-state index in [1.165, 1.54) is 6.07 Å². The molecule has 3 nitrogen and oxygen atoms in total. The van der Waals surface area contributed by atoms with Crippen molar-refractivity contribution in [3.63, 3.8) is 0 Å². The lowest BCUT2D eigenvalue weighted by Gasteiger charge is -2.23. The van der Waals surface area contributed by atoms with E-state index >= 15 is 0 Å². The molecule has 0 aliphatic carbocycles. The lowest BCUT2D eigenvalue weighted by atomic mass is 10.2. The molecule has 2 heterocycles. The van der Waals surface area contributed by atoms with Gasteiger partial charge in [0.05, 0.1) is 17.0 Å². The van der Waals surface area contributed by atoms with Crippen molar-refractivity contribution >= 4 is 28.9 Å². The van der Waals surface area contributed by atoms with Gasteiger partial charge in [0.1, 0.15) is 17.2 Å². The zero-order valence-electron chi connectivity index (χ0n) is 12.0. The van der Waals surface area contributed by atoms with Crippen molar-refractivity contribution in [2.75, 3.05) is 4.90 Å². The summed E-state index contributed by atoms with van der Waals surface area (Å²) in [6, 6.07) is 10.3. The zero-order valence-corrected chi connectivity index (χ0v) is 13.6. The molecule has 3 rings (SSSR count). The van der Waals surface area contributed by atoms with E-state index in [-0.39, 0.29) is 5.02 Å². The van der Waals surface area contributed by atoms with Crippen LogP contribution in [-0.2, 0) is 13.1 Å². The Morgan fingerprint density at radius 3 is 2.48 bits per heavy atom. The molecule has 0 N–H and O–H groups in total. The molecule has 0 radical (unpaired) electrons. The third kappa shape index (κ3) is 4.03. The van der Waals surface area contributed by atoms with Crippen LogP contribution in [0, 0.1) is 5.82 Å². The van der Waals surface area contributed by atoms with E-state index in [1.807, 2.05) is 12.1 Å². The van der Waals surface area contributed by atoms with Crippen LogP contribution in [0.2, 0.25) is 10.2 Å². The summed E-state index contributed by atoms with van der Waals surface area (Å²) in [6.45, 7) is 1.10. The second-order valence-corrected chi connectivity index (χ2v) is 5.87. The number of furan rings is 1. The van der Waals surface area contributed by atoms with Crippen molar-refractivity contribution in [2.45, 2.75) is 13.1 Å². The Morgan fingerprint density at radius 2 is 1.83 bits per heavy atom. The van der Waals surface area contributed by atoms with Gasteiger partial charge in [-0.05, 0) is 35.4 Å². The highest BCUT2D eigenvalue weighted by Crippen LogP contribution is 2.23. The molecular formula is C17H13Cl2FN2O. The van der Waals surface area contributed by atoms with Crippen LogP contribution in [0.4, 0.5) is 10.1 Å². The summed E-state index contributed by atoms with van der Waals surface area (Å²) in [5, 5.41) is 0.564. The second-order valence-electron chi connectivity index (χ2n) is 5.08. The first-order valence-electron chi connectivity index (χ1n) is 6.93. The summed E-state index contributed by atoms with van der Waals surface area (Å²) in [5.41, 5.74) is 2.70. The fourth-order valence-corrected chi connectivity index (χ4v) is 2.48. The smallest absolute Gasteiger partial charge is 0.142 e. The summed E-state index contributed by atoms with van der Waals surface area (Å²) in [7, 11) is 0. The first-order chi connectivity index (χ1) is 11.1. The van der Waals surface area contributed by atoms with E-state index in [0.717, 1.165) is 16.8 Å². The lowest BCUT2D eigenvalue weighted by Crippen LogP contribution is -2.21. The number of hydrogen-bond donors (Lipinski definition) is 0. The average molecular weight is 351 g/mol. The van der Waals surface area contributed by atoms with Crippen molar-refractivity contribution in [2.24, 2.45) is 0 Å². The van der Waals surface area contributed by atoms with Crippen LogP contribution in [-0.4, -0.2) is 4.98 Å². The highest BCUT2D eigenvalue weighted by atomic mass is 35.5. The molecule has 23 heavy (non-hydrogen) atoms. The van der Waals surface area contributed by atoms with E-state index in [9.17, 15) is 4.39 Å². The number of pyridine rings is 1. The molecule has 0 spiro atoms. The van der Waals surface area contributed by atoms with Crippen molar-refractivity contribution in [1.82, 2.24) is 4.98 Å². The summed E-state index contributed by atoms with van der Waals surface area (Å²) < 4.78 is 18.8. The van der Waals surface area contributed by atoms with Gasteiger partial charge in [0.2, 0.25) is 0 Å². The van der Waals surface area contributed by atoms with Gasteiger partial charge in [-0.25, -0.2) is 9.37 Å². The van der Waals surface area contributed by atoms with Crippen LogP contribution in [0.25, 0.3) is 0 Å². The number of rotatable bonds is 5. The predicted molar refractivity (Wildman–Crippen MR) is 89.3 cm³/mol. The van der Waals surface area contributed by atoms with Gasteiger partial charge < -0.3 is 9.32 Å². The van der Waals surface area contributed by atoms with Crippen molar-refractivity contribution in [3.05, 3.63) is 82.2 Å². The second kappa shape index (κ2) is 7.02. The minimum atomic E-state index is -0.426. The highest BCUT2D eigenvalue weighted by molar-refractivity contribution is 6.30. The fourth-order valence-electron chi connectivity index (χ4n) is 2.25. The lowest BCUT2D eigenvalue weighted by molar-refractivity contribution is 0.565. The number of halogens is 3. The first kappa shape index (κ1) is 15.8. The van der Waals surface area contributed by atoms with Crippen LogP contribution < -0.4 is 4.90 Å². The highest BCUT2D eigenvalue weighted by Gasteiger charge is 2.11. The third-order valence-electron chi connectivity index (χ3n) is 3.39. The van der Waals surface area contributed by atoms with Crippen LogP contribution in [0.15, 0.2) is 59.5 Å². The number of aromatic nitrogens is 1. The zero-order chi connectivity index (χ0) is 16.2. The maximum atomic E-state index is 13.6. The number of benzene rings is 1. The van der Waals surface area contributed by atoms with Crippen molar-refractivity contribution in [3.8, 4) is 0 Å². The molecule has 0 bridgehead atoms. The first-order valence-corrected chi connectivity index (χ1v) is 7.69. The van der Waals surface area contributed by atoms with Gasteiger partial charge in [-0.1, -0.05) is 35.3 Å². The molecule has 0 saturated heterocycles. The summed E-state index contributed by atoms with van der Waals surface area (Å²) >= 11 is 11.6. The van der Waals surface area contributed by atoms with Crippen molar-refractivity contribution in [1.29, 1.82) is 0 Å². The molecule has 0 aliphatic heterocycles. The van der Waals surface area contributed by atoms with Gasteiger partial charge in [0.25, 0.3) is 0 Å². The summed E-state index contributed by atoms with van der Waals surface area (Å²) in [6.07, 6.45) is 4.97. The van der Waals surface area contributed by atoms with Crippen molar-refractivity contribution < 1.29 is 8.81 Å². The minimum absolute atomic E-state index is 0.116. The molecule has 6 heteroatoms. The SMILES string of the molecule is Fc1cc(CN(Cc2ccc(Cl)nc2)c2ccoc2)ccc1Cl. The number of hydrogen-bond acceptors (Lipinski definition) is 3. The Labute approximate surface area is 143 Å². The van der Waals surface area contributed by atoms with Crippen LogP contribution in [0.5, 0.6) is 0 Å². The van der Waals surface area contributed by atoms with E-state index in [4.69, 9.17) is 27.6 Å². The van der Waals surface area contributed by atoms with Gasteiger partial charge in [0.15, 0.2) is 0 Å². The van der Waals surface area contributed by atoms with Crippen LogP contribution in [0.1, 0.15) is 11.1 Å². The molecule has 0 saturated carbocycles. The number of nitrogens with zero attached hydrogens (tertiary/aromatic N) is 2. The topological polar surface area (TPSA) is 29.3 Å². The Hall–Kier alpha value is -2.04. The largest absolute Gasteiger partial charge is 0.470 e. The Bertz CT molecular complexity index is 776. The average Bonchev–Trinajstić information content (AvgIpc) is 3.07. The van der Waals surface area contributed by atoms with Crippen LogP contribution >= 0.6 is 23.2 Å². The Balaban J connectivity index is 1.83. The molecule has 0 aliphatic rings. The fraction of sp³-hybridized carbons (Fsp3) is 0.118. The monoisotopic (exact) mass is 350 g/mol. The molecule has 0 amide bonds. The number of anilines is 1. The van der Waals surface area contributed by atoms with E-state index < -0.39 is 5.82 Å². The summed E-state index contributed by atoms with van der Waals surface area (Å²) in [5.74, 6) is -0.426. The quantitative estimate of drug-likeness (QED) is 0.582. The molecule has 118 valence electrons. The van der Waals surface area contributed by atoms with Gasteiger partial charge >= 0.3 is 0 Å². The van der Waals surface area contributed by atoms with Crippen LogP contribution in [0.3, 0.4) is 0 Å². The Kier molecular flexibility index (Phi) is 4.84. The minimum Gasteiger partial charge on any atom is -0.470 e. The molecule has 1 aromatic carbocycles. The standard InChI is InChI=1S/C17H13Cl2FN2O/c18-15-3-1-12(7-16(15)20)9-22(14-5-6-23-11-14)10-13-2-4-17(19)21-8-13/h1-8,11H,9-10H2. The Morgan fingerprint density at radius 1 is 1.04 bits per heavy atom. The van der Waals surface area contributed by atoms with E-state index in [2.05, 4.69) is 9.88 Å². The van der Waals surface area contributed by atoms with E-state index in [0.29, 0.717) is 18.2 Å². The molecule has 2 aromatic heterocycles. The predicted octanol–water partition coefficient (Wildman–Crippen LogP) is 5.33. The molecular weight excluding hydrogens is 338 g/mol. The van der Waals surface area contributed by atoms with Gasteiger partial charge in [-0.3, -0.25) is 0 Å². The molecule has 0 fully saturated rings. The summed E-state index contributed by atoms with van der Waals surface area (Å²) in [4.78, 5) is 6.14. The normalized spacial score (nSPS) is 10.7. The van der Waals surface area contributed by atoms with Gasteiger partial charge in [-0.15, -0.1) is 0 Å². The molecule has 3 aromatic rings.